The quantitative estimate of drug-likeness (QED) is 0.677. The number of likely N-dealkylation sites (tertiary alicyclic amines) is 1. The summed E-state index contributed by atoms with van der Waals surface area (Å²) in [7, 11) is 1.92. The van der Waals surface area contributed by atoms with Crippen molar-refractivity contribution in [2.75, 3.05) is 6.54 Å². The first-order valence-corrected chi connectivity index (χ1v) is 9.78. The largest absolute Gasteiger partial charge is 0.356 e. The highest BCUT2D eigenvalue weighted by atomic mass is 16.5. The Morgan fingerprint density at radius 2 is 2.14 bits per heavy atom. The summed E-state index contributed by atoms with van der Waals surface area (Å²) in [4.78, 5) is 15.1. The molecule has 0 bridgehead atoms. The van der Waals surface area contributed by atoms with Gasteiger partial charge in [0, 0.05) is 38.8 Å². The van der Waals surface area contributed by atoms with Crippen molar-refractivity contribution >= 4 is 5.91 Å². The maximum absolute atomic E-state index is 13.1. The minimum atomic E-state index is -0.00601. The van der Waals surface area contributed by atoms with Crippen molar-refractivity contribution in [2.24, 2.45) is 7.05 Å². The fourth-order valence-corrected chi connectivity index (χ4v) is 3.98. The number of carbonyl (C=O) groups is 1. The van der Waals surface area contributed by atoms with E-state index in [4.69, 9.17) is 4.52 Å². The van der Waals surface area contributed by atoms with E-state index >= 15 is 0 Å². The molecule has 1 aliphatic rings. The Balaban J connectivity index is 1.57. The van der Waals surface area contributed by atoms with Crippen molar-refractivity contribution in [1.29, 1.82) is 0 Å². The van der Waals surface area contributed by atoms with Gasteiger partial charge >= 0.3 is 0 Å². The van der Waals surface area contributed by atoms with Crippen molar-refractivity contribution in [1.82, 2.24) is 29.6 Å². The average molecular weight is 382 g/mol. The predicted octanol–water partition coefficient (Wildman–Crippen LogP) is 3.03. The summed E-state index contributed by atoms with van der Waals surface area (Å²) in [6, 6.07) is 3.86. The van der Waals surface area contributed by atoms with Gasteiger partial charge in [-0.05, 0) is 39.2 Å². The van der Waals surface area contributed by atoms with Gasteiger partial charge in [-0.15, -0.1) is 0 Å². The Morgan fingerprint density at radius 3 is 2.86 bits per heavy atom. The topological polar surface area (TPSA) is 82.0 Å². The Bertz CT molecular complexity index is 969. The number of hydrogen-bond donors (Lipinski definition) is 0. The van der Waals surface area contributed by atoms with Crippen LogP contribution in [-0.4, -0.2) is 42.1 Å². The molecule has 0 spiro atoms. The van der Waals surface area contributed by atoms with Crippen LogP contribution < -0.4 is 0 Å². The van der Waals surface area contributed by atoms with Gasteiger partial charge in [-0.2, -0.15) is 10.2 Å². The third-order valence-electron chi connectivity index (χ3n) is 5.35. The van der Waals surface area contributed by atoms with Crippen LogP contribution in [0, 0.1) is 13.8 Å². The minimum absolute atomic E-state index is 0.00601. The van der Waals surface area contributed by atoms with Gasteiger partial charge in [-0.1, -0.05) is 5.16 Å². The SMILES string of the molecule is Cc1cc(-c2cnn(C)c2C2CCCCN2C(=O)CCn2ccc(C)n2)on1. The molecule has 1 amide bonds. The van der Waals surface area contributed by atoms with Crippen LogP contribution >= 0.6 is 0 Å². The molecule has 1 unspecified atom stereocenters. The van der Waals surface area contributed by atoms with Crippen LogP contribution in [0.25, 0.3) is 11.3 Å². The molecule has 148 valence electrons. The van der Waals surface area contributed by atoms with E-state index in [0.717, 1.165) is 48.5 Å². The lowest BCUT2D eigenvalue weighted by molar-refractivity contribution is -0.135. The van der Waals surface area contributed by atoms with Crippen LogP contribution in [0.3, 0.4) is 0 Å². The van der Waals surface area contributed by atoms with Crippen molar-refractivity contribution in [3.8, 4) is 11.3 Å². The summed E-state index contributed by atoms with van der Waals surface area (Å²) in [5, 5.41) is 12.8. The maximum atomic E-state index is 13.1. The summed E-state index contributed by atoms with van der Waals surface area (Å²) < 4.78 is 9.17. The van der Waals surface area contributed by atoms with Crippen LogP contribution in [0.15, 0.2) is 29.0 Å². The van der Waals surface area contributed by atoms with Gasteiger partial charge in [0.25, 0.3) is 0 Å². The van der Waals surface area contributed by atoms with Crippen molar-refractivity contribution in [3.05, 3.63) is 41.6 Å². The normalized spacial score (nSPS) is 17.2. The molecule has 4 rings (SSSR count). The molecule has 3 aromatic heterocycles. The minimum Gasteiger partial charge on any atom is -0.356 e. The highest BCUT2D eigenvalue weighted by Crippen LogP contribution is 2.37. The second-order valence-electron chi connectivity index (χ2n) is 7.47. The number of aromatic nitrogens is 5. The van der Waals surface area contributed by atoms with Gasteiger partial charge in [0.1, 0.15) is 0 Å². The lowest BCUT2D eigenvalue weighted by Gasteiger charge is -2.36. The molecule has 0 N–H and O–H groups in total. The van der Waals surface area contributed by atoms with Crippen molar-refractivity contribution in [2.45, 2.75) is 52.1 Å². The molecule has 3 aromatic rings. The van der Waals surface area contributed by atoms with Crippen LogP contribution in [0.5, 0.6) is 0 Å². The van der Waals surface area contributed by atoms with E-state index in [9.17, 15) is 4.79 Å². The van der Waals surface area contributed by atoms with Gasteiger partial charge in [0.15, 0.2) is 5.76 Å². The fraction of sp³-hybridized carbons (Fsp3) is 0.500. The molecule has 8 nitrogen and oxygen atoms in total. The van der Waals surface area contributed by atoms with E-state index in [-0.39, 0.29) is 11.9 Å². The molecular weight excluding hydrogens is 356 g/mol. The molecular formula is C20H26N6O2. The lowest BCUT2D eigenvalue weighted by atomic mass is 9.95. The molecule has 4 heterocycles. The van der Waals surface area contributed by atoms with Crippen LogP contribution in [0.2, 0.25) is 0 Å². The maximum Gasteiger partial charge on any atom is 0.224 e. The standard InChI is InChI=1S/C20H26N6O2/c1-14-7-10-25(22-14)11-8-19(27)26-9-5-4-6-17(26)20-16(13-21-24(20)3)18-12-15(2)23-28-18/h7,10,12-13,17H,4-6,8-9,11H2,1-3H3. The number of rotatable bonds is 5. The highest BCUT2D eigenvalue weighted by Gasteiger charge is 2.32. The summed E-state index contributed by atoms with van der Waals surface area (Å²) in [5.41, 5.74) is 3.72. The number of hydrogen-bond acceptors (Lipinski definition) is 5. The van der Waals surface area contributed by atoms with Gasteiger partial charge in [-0.25, -0.2) is 0 Å². The van der Waals surface area contributed by atoms with Crippen LogP contribution in [-0.2, 0) is 18.4 Å². The first-order chi connectivity index (χ1) is 13.5. The monoisotopic (exact) mass is 382 g/mol. The van der Waals surface area contributed by atoms with E-state index in [1.54, 1.807) is 6.20 Å². The third-order valence-corrected chi connectivity index (χ3v) is 5.35. The summed E-state index contributed by atoms with van der Waals surface area (Å²) >= 11 is 0. The van der Waals surface area contributed by atoms with Crippen molar-refractivity contribution < 1.29 is 9.32 Å². The third kappa shape index (κ3) is 3.58. The zero-order valence-electron chi connectivity index (χ0n) is 16.6. The first kappa shape index (κ1) is 18.5. The van der Waals surface area contributed by atoms with E-state index in [1.165, 1.54) is 0 Å². The van der Waals surface area contributed by atoms with E-state index in [0.29, 0.717) is 18.7 Å². The molecule has 0 saturated carbocycles. The van der Waals surface area contributed by atoms with Gasteiger partial charge in [0.05, 0.1) is 34.9 Å². The molecule has 28 heavy (non-hydrogen) atoms. The number of aryl methyl sites for hydroxylation is 4. The number of nitrogens with zero attached hydrogens (tertiary/aromatic N) is 6. The molecule has 0 aliphatic carbocycles. The fourth-order valence-electron chi connectivity index (χ4n) is 3.98. The smallest absolute Gasteiger partial charge is 0.224 e. The summed E-state index contributed by atoms with van der Waals surface area (Å²) in [6.07, 6.45) is 7.20. The molecule has 1 aliphatic heterocycles. The number of carbonyl (C=O) groups excluding carboxylic acids is 1. The summed E-state index contributed by atoms with van der Waals surface area (Å²) in [6.45, 7) is 5.21. The van der Waals surface area contributed by atoms with E-state index in [1.807, 2.05) is 53.5 Å². The molecule has 0 aromatic carbocycles. The van der Waals surface area contributed by atoms with Gasteiger partial charge < -0.3 is 9.42 Å². The zero-order valence-corrected chi connectivity index (χ0v) is 16.6. The van der Waals surface area contributed by atoms with Crippen molar-refractivity contribution in [3.63, 3.8) is 0 Å². The van der Waals surface area contributed by atoms with Crippen LogP contribution in [0.1, 0.15) is 48.8 Å². The van der Waals surface area contributed by atoms with Gasteiger partial charge in [0.2, 0.25) is 5.91 Å². The zero-order chi connectivity index (χ0) is 19.7. The molecule has 8 heteroatoms. The van der Waals surface area contributed by atoms with Gasteiger partial charge in [-0.3, -0.25) is 14.2 Å². The highest BCUT2D eigenvalue weighted by molar-refractivity contribution is 5.77. The Labute approximate surface area is 164 Å². The average Bonchev–Trinajstić information content (AvgIpc) is 3.40. The number of piperidine rings is 1. The molecule has 1 atom stereocenters. The lowest BCUT2D eigenvalue weighted by Crippen LogP contribution is -2.39. The second-order valence-corrected chi connectivity index (χ2v) is 7.47. The Morgan fingerprint density at radius 1 is 1.29 bits per heavy atom. The number of amides is 1. The Kier molecular flexibility index (Phi) is 5.02. The van der Waals surface area contributed by atoms with E-state index < -0.39 is 0 Å². The van der Waals surface area contributed by atoms with E-state index in [2.05, 4.69) is 15.4 Å². The first-order valence-electron chi connectivity index (χ1n) is 9.78. The van der Waals surface area contributed by atoms with Crippen LogP contribution in [0.4, 0.5) is 0 Å². The molecule has 1 fully saturated rings. The predicted molar refractivity (Wildman–Crippen MR) is 103 cm³/mol. The summed E-state index contributed by atoms with van der Waals surface area (Å²) in [5.74, 6) is 0.851. The molecule has 0 radical (unpaired) electrons. The molecule has 1 saturated heterocycles. The Hall–Kier alpha value is -2.90. The second kappa shape index (κ2) is 7.61.